The lowest BCUT2D eigenvalue weighted by Gasteiger charge is -2.43. The molecule has 3 aromatic carbocycles. The van der Waals surface area contributed by atoms with E-state index in [0.29, 0.717) is 12.1 Å². The Balaban J connectivity index is 1.31. The summed E-state index contributed by atoms with van der Waals surface area (Å²) in [5, 5.41) is 15.1. The standard InChI is InChI=1S/C35H43N3O6/c1-24-31(22-38-18-7-4-8-19-38)43-34(44-32(24)27-16-14-26(23-39)15-17-27)28-12-9-13-29(21-28)36-35(41)37-30(33(40)42-2)20-25-10-5-3-6-11-25/h3,5-6,9-17,21,24,30-32,34,39H,4,7-8,18-20,22-23H2,1-2H3,(H2,36,37,41)/t24-,30-,31+,32+,34+/m0/s1. The first-order chi connectivity index (χ1) is 21.4. The highest BCUT2D eigenvalue weighted by Crippen LogP contribution is 2.42. The van der Waals surface area contributed by atoms with Crippen LogP contribution in [0.3, 0.4) is 0 Å². The van der Waals surface area contributed by atoms with E-state index >= 15 is 0 Å². The Hall–Kier alpha value is -3.76. The Morgan fingerprint density at radius 2 is 1.68 bits per heavy atom. The molecule has 2 fully saturated rings. The van der Waals surface area contributed by atoms with Crippen LogP contribution in [0.4, 0.5) is 10.5 Å². The largest absolute Gasteiger partial charge is 0.467 e. The Kier molecular flexibility index (Phi) is 11.0. The fraction of sp³-hybridized carbons (Fsp3) is 0.429. The van der Waals surface area contributed by atoms with Gasteiger partial charge in [0.2, 0.25) is 0 Å². The molecular weight excluding hydrogens is 558 g/mol. The molecule has 44 heavy (non-hydrogen) atoms. The van der Waals surface area contributed by atoms with Crippen LogP contribution in [0.1, 0.15) is 60.8 Å². The number of urea groups is 1. The molecular formula is C35H43N3O6. The third-order valence-electron chi connectivity index (χ3n) is 8.50. The van der Waals surface area contributed by atoms with Crippen LogP contribution in [-0.4, -0.2) is 60.9 Å². The van der Waals surface area contributed by atoms with Crippen LogP contribution in [0.5, 0.6) is 0 Å². The van der Waals surface area contributed by atoms with Gasteiger partial charge in [0.1, 0.15) is 6.04 Å². The van der Waals surface area contributed by atoms with Gasteiger partial charge in [-0.05, 0) is 54.8 Å². The van der Waals surface area contributed by atoms with Gasteiger partial charge in [-0.15, -0.1) is 0 Å². The molecule has 0 unspecified atom stereocenters. The van der Waals surface area contributed by atoms with Crippen LogP contribution in [0, 0.1) is 5.92 Å². The molecule has 9 nitrogen and oxygen atoms in total. The van der Waals surface area contributed by atoms with Crippen molar-refractivity contribution in [2.24, 2.45) is 5.92 Å². The third kappa shape index (κ3) is 8.24. The van der Waals surface area contributed by atoms with Gasteiger partial charge in [-0.2, -0.15) is 0 Å². The number of hydrogen-bond donors (Lipinski definition) is 3. The highest BCUT2D eigenvalue weighted by atomic mass is 16.7. The van der Waals surface area contributed by atoms with Crippen molar-refractivity contribution in [1.29, 1.82) is 0 Å². The molecule has 9 heteroatoms. The number of ether oxygens (including phenoxy) is 3. The average Bonchev–Trinajstić information content (AvgIpc) is 3.06. The molecule has 234 valence electrons. The zero-order chi connectivity index (χ0) is 30.9. The Labute approximate surface area is 259 Å². The number of likely N-dealkylation sites (tertiary alicyclic amines) is 1. The molecule has 2 aliphatic rings. The molecule has 2 saturated heterocycles. The maximum absolute atomic E-state index is 13.0. The molecule has 2 amide bonds. The predicted molar refractivity (Wildman–Crippen MR) is 168 cm³/mol. The number of nitrogens with zero attached hydrogens (tertiary/aromatic N) is 1. The average molecular weight is 602 g/mol. The second-order valence-corrected chi connectivity index (χ2v) is 11.7. The molecule has 2 heterocycles. The number of carbonyl (C=O) groups is 2. The van der Waals surface area contributed by atoms with Gasteiger partial charge in [-0.3, -0.25) is 0 Å². The number of aliphatic hydroxyl groups excluding tert-OH is 1. The zero-order valence-electron chi connectivity index (χ0n) is 25.5. The van der Waals surface area contributed by atoms with Crippen molar-refractivity contribution >= 4 is 17.7 Å². The summed E-state index contributed by atoms with van der Waals surface area (Å²) < 4.78 is 18.2. The summed E-state index contributed by atoms with van der Waals surface area (Å²) in [7, 11) is 1.31. The second kappa shape index (κ2) is 15.3. The molecule has 3 N–H and O–H groups in total. The highest BCUT2D eigenvalue weighted by molar-refractivity contribution is 5.92. The van der Waals surface area contributed by atoms with Crippen LogP contribution in [-0.2, 0) is 32.0 Å². The van der Waals surface area contributed by atoms with Crippen LogP contribution in [0.2, 0.25) is 0 Å². The normalized spacial score (nSPS) is 23.0. The van der Waals surface area contributed by atoms with Crippen molar-refractivity contribution in [2.45, 2.75) is 63.8 Å². The zero-order valence-corrected chi connectivity index (χ0v) is 25.5. The van der Waals surface area contributed by atoms with E-state index in [-0.39, 0.29) is 24.7 Å². The van der Waals surface area contributed by atoms with Gasteiger partial charge >= 0.3 is 12.0 Å². The minimum Gasteiger partial charge on any atom is -0.467 e. The van der Waals surface area contributed by atoms with Gasteiger partial charge in [-0.1, -0.05) is 80.1 Å². The minimum absolute atomic E-state index is 0.00925. The first-order valence-electron chi connectivity index (χ1n) is 15.5. The topological polar surface area (TPSA) is 109 Å². The van der Waals surface area contributed by atoms with Crippen LogP contribution in [0.15, 0.2) is 78.9 Å². The summed E-state index contributed by atoms with van der Waals surface area (Å²) in [6, 6.07) is 23.4. The summed E-state index contributed by atoms with van der Waals surface area (Å²) in [4.78, 5) is 27.9. The second-order valence-electron chi connectivity index (χ2n) is 11.7. The monoisotopic (exact) mass is 601 g/mol. The van der Waals surface area contributed by atoms with Gasteiger partial charge in [0.05, 0.1) is 25.9 Å². The van der Waals surface area contributed by atoms with E-state index in [1.54, 1.807) is 6.07 Å². The number of hydrogen-bond acceptors (Lipinski definition) is 7. The van der Waals surface area contributed by atoms with E-state index in [9.17, 15) is 14.7 Å². The lowest BCUT2D eigenvalue weighted by atomic mass is 9.89. The number of esters is 1. The van der Waals surface area contributed by atoms with E-state index in [2.05, 4.69) is 22.5 Å². The molecule has 0 bridgehead atoms. The number of methoxy groups -OCH3 is 1. The highest BCUT2D eigenvalue weighted by Gasteiger charge is 2.39. The smallest absolute Gasteiger partial charge is 0.328 e. The van der Waals surface area contributed by atoms with Gasteiger partial charge < -0.3 is 34.9 Å². The Morgan fingerprint density at radius 3 is 2.39 bits per heavy atom. The van der Waals surface area contributed by atoms with E-state index in [0.717, 1.165) is 41.9 Å². The van der Waals surface area contributed by atoms with Gasteiger partial charge in [-0.25, -0.2) is 9.59 Å². The van der Waals surface area contributed by atoms with Crippen molar-refractivity contribution < 1.29 is 28.9 Å². The molecule has 0 aromatic heterocycles. The first kappa shape index (κ1) is 31.7. The minimum atomic E-state index is -0.842. The lowest BCUT2D eigenvalue weighted by molar-refractivity contribution is -0.276. The van der Waals surface area contributed by atoms with E-state index in [1.165, 1.54) is 26.4 Å². The number of amides is 2. The van der Waals surface area contributed by atoms with Crippen molar-refractivity contribution in [1.82, 2.24) is 10.2 Å². The van der Waals surface area contributed by atoms with Crippen LogP contribution in [0.25, 0.3) is 0 Å². The predicted octanol–water partition coefficient (Wildman–Crippen LogP) is 5.36. The van der Waals surface area contributed by atoms with Gasteiger partial charge in [0.15, 0.2) is 6.29 Å². The first-order valence-corrected chi connectivity index (χ1v) is 15.5. The van der Waals surface area contributed by atoms with Crippen LogP contribution >= 0.6 is 0 Å². The van der Waals surface area contributed by atoms with Crippen molar-refractivity contribution in [2.75, 3.05) is 32.1 Å². The number of rotatable bonds is 10. The molecule has 0 saturated carbocycles. The van der Waals surface area contributed by atoms with Gasteiger partial charge in [0.25, 0.3) is 0 Å². The van der Waals surface area contributed by atoms with E-state index < -0.39 is 24.3 Å². The number of aliphatic hydroxyl groups is 1. The molecule has 3 aromatic rings. The third-order valence-corrected chi connectivity index (χ3v) is 8.50. The van der Waals surface area contributed by atoms with E-state index in [4.69, 9.17) is 14.2 Å². The van der Waals surface area contributed by atoms with Crippen LogP contribution < -0.4 is 10.6 Å². The Morgan fingerprint density at radius 1 is 0.932 bits per heavy atom. The SMILES string of the molecule is COC(=O)[C@H](Cc1ccccc1)NC(=O)Nc1cccc([C@@H]2O[C@H](CN3CCCCC3)[C@H](C)[C@H](c3ccc(CO)cc3)O2)c1. The summed E-state index contributed by atoms with van der Waals surface area (Å²) in [5.41, 5.74) is 4.12. The maximum Gasteiger partial charge on any atom is 0.328 e. The number of piperidine rings is 1. The van der Waals surface area contributed by atoms with E-state index in [1.807, 2.05) is 72.8 Å². The summed E-state index contributed by atoms with van der Waals surface area (Å²) >= 11 is 0. The molecule has 2 aliphatic heterocycles. The number of anilines is 1. The molecule has 0 radical (unpaired) electrons. The van der Waals surface area contributed by atoms with Crippen molar-refractivity contribution in [3.8, 4) is 0 Å². The molecule has 5 atom stereocenters. The lowest BCUT2D eigenvalue weighted by Crippen LogP contribution is -2.45. The number of nitrogens with one attached hydrogen (secondary N) is 2. The summed E-state index contributed by atoms with van der Waals surface area (Å²) in [5.74, 6) is -0.422. The number of carbonyl (C=O) groups excluding carboxylic acids is 2. The summed E-state index contributed by atoms with van der Waals surface area (Å²) in [6.45, 7) is 5.12. The fourth-order valence-electron chi connectivity index (χ4n) is 6.00. The fourth-order valence-corrected chi connectivity index (χ4v) is 6.00. The van der Waals surface area contributed by atoms with Gasteiger partial charge in [0, 0.05) is 30.1 Å². The maximum atomic E-state index is 13.0. The molecule has 5 rings (SSSR count). The van der Waals surface area contributed by atoms with Crippen molar-refractivity contribution in [3.05, 3.63) is 101 Å². The summed E-state index contributed by atoms with van der Waals surface area (Å²) in [6.07, 6.45) is 3.05. The van der Waals surface area contributed by atoms with Crippen molar-refractivity contribution in [3.63, 3.8) is 0 Å². The molecule has 0 aliphatic carbocycles. The number of benzene rings is 3. The Bertz CT molecular complexity index is 1360. The quantitative estimate of drug-likeness (QED) is 0.269. The molecule has 0 spiro atoms.